The van der Waals surface area contributed by atoms with Crippen molar-refractivity contribution in [3.8, 4) is 0 Å². The Morgan fingerprint density at radius 2 is 1.66 bits per heavy atom. The number of fused-ring (bicyclic) bond motifs is 2. The zero-order chi connectivity index (χ0) is 27.7. The highest BCUT2D eigenvalue weighted by atomic mass is 16.7. The first-order chi connectivity index (χ1) is 18.1. The molecule has 0 aromatic heterocycles. The topological polar surface area (TPSA) is 198 Å². The predicted octanol–water partition coefficient (Wildman–Crippen LogP) is 0.102. The van der Waals surface area contributed by atoms with Gasteiger partial charge in [0.2, 0.25) is 17.4 Å². The number of allylic oxidation sites excluding steroid dienone is 1. The summed E-state index contributed by atoms with van der Waals surface area (Å²) in [4.78, 5) is 54.0. The van der Waals surface area contributed by atoms with Gasteiger partial charge in [-0.3, -0.25) is 19.2 Å². The monoisotopic (exact) mass is 578 g/mol. The van der Waals surface area contributed by atoms with Gasteiger partial charge in [-0.2, -0.15) is 0 Å². The van der Waals surface area contributed by atoms with Crippen LogP contribution in [-0.4, -0.2) is 80.1 Å². The molecule has 0 aromatic carbocycles. The highest BCUT2D eigenvalue weighted by Gasteiger charge is 2.83. The number of esters is 2. The highest BCUT2D eigenvalue weighted by molar-refractivity contribution is 6.07. The number of hydrogen-bond acceptors (Lipinski definition) is 10. The van der Waals surface area contributed by atoms with Crippen LogP contribution < -0.4 is 0 Å². The lowest BCUT2D eigenvalue weighted by molar-refractivity contribution is -0.333. The van der Waals surface area contributed by atoms with Gasteiger partial charge in [-0.05, 0) is 40.0 Å². The largest absolute Gasteiger partial charge is 0.459 e. The van der Waals surface area contributed by atoms with E-state index in [2.05, 4.69) is 0 Å². The summed E-state index contributed by atoms with van der Waals surface area (Å²) in [5, 5.41) is 11.8. The van der Waals surface area contributed by atoms with Crippen molar-refractivity contribution >= 4 is 23.5 Å². The molecule has 2 bridgehead atoms. The number of rotatable bonds is 0. The molecule has 2 aliphatic carbocycles. The Hall–Kier alpha value is -2.22. The molecule has 12 nitrogen and oxygen atoms in total. The number of aliphatic hydroxyl groups is 1. The molecule has 6 aliphatic heterocycles. The van der Waals surface area contributed by atoms with E-state index in [1.165, 1.54) is 0 Å². The Morgan fingerprint density at radius 3 is 2.37 bits per heavy atom. The second-order valence-electron chi connectivity index (χ2n) is 14.1. The third kappa shape index (κ3) is 2.87. The van der Waals surface area contributed by atoms with Gasteiger partial charge in [0.25, 0.3) is 0 Å². The van der Waals surface area contributed by atoms with Crippen LogP contribution in [0.3, 0.4) is 0 Å². The Balaban J connectivity index is 0.00000151. The van der Waals surface area contributed by atoms with E-state index < -0.39 is 87.5 Å². The van der Waals surface area contributed by atoms with E-state index >= 15 is 0 Å². The first kappa shape index (κ1) is 28.9. The Morgan fingerprint density at radius 1 is 0.951 bits per heavy atom. The van der Waals surface area contributed by atoms with Gasteiger partial charge in [-0.1, -0.05) is 19.9 Å². The van der Waals surface area contributed by atoms with Crippen molar-refractivity contribution in [2.45, 2.75) is 107 Å². The summed E-state index contributed by atoms with van der Waals surface area (Å²) in [6.45, 7) is 9.17. The summed E-state index contributed by atoms with van der Waals surface area (Å²) in [6, 6.07) is 0. The van der Waals surface area contributed by atoms with E-state index in [0.29, 0.717) is 24.8 Å². The van der Waals surface area contributed by atoms with E-state index in [9.17, 15) is 24.3 Å². The molecule has 0 amide bonds. The van der Waals surface area contributed by atoms with E-state index in [4.69, 9.17) is 23.7 Å². The molecule has 12 atom stereocenters. The molecule has 1 saturated carbocycles. The van der Waals surface area contributed by atoms with Crippen molar-refractivity contribution in [3.63, 3.8) is 0 Å². The molecule has 41 heavy (non-hydrogen) atoms. The summed E-state index contributed by atoms with van der Waals surface area (Å²) in [6.07, 6.45) is 1.22. The van der Waals surface area contributed by atoms with Gasteiger partial charge in [0, 0.05) is 41.1 Å². The molecular weight excluding hydrogens is 540 g/mol. The fourth-order valence-electron chi connectivity index (χ4n) is 10.3. The van der Waals surface area contributed by atoms with Gasteiger partial charge < -0.3 is 39.7 Å². The fraction of sp³-hybridized carbons (Fsp3) is 0.793. The number of Topliss-reactive ketones (excluding diaryl/α,β-unsaturated/α-hetero) is 2. The van der Waals surface area contributed by atoms with Crippen LogP contribution >= 0.6 is 0 Å². The molecule has 3 spiro atoms. The number of carbonyl (C=O) groups excluding carboxylic acids is 4. The third-order valence-electron chi connectivity index (χ3n) is 11.9. The summed E-state index contributed by atoms with van der Waals surface area (Å²) in [5.74, 6) is -7.53. The van der Waals surface area contributed by atoms with Gasteiger partial charge in [-0.15, -0.1) is 0 Å². The molecular formula is C29H38O12. The second kappa shape index (κ2) is 7.83. The molecule has 6 heterocycles. The van der Waals surface area contributed by atoms with Gasteiger partial charge >= 0.3 is 11.9 Å². The van der Waals surface area contributed by atoms with E-state index in [1.54, 1.807) is 6.92 Å². The normalized spacial score (nSPS) is 55.1. The molecule has 226 valence electrons. The van der Waals surface area contributed by atoms with E-state index in [0.717, 1.165) is 0 Å². The van der Waals surface area contributed by atoms with Gasteiger partial charge in [0.15, 0.2) is 5.60 Å². The van der Waals surface area contributed by atoms with Gasteiger partial charge in [-0.25, -0.2) is 0 Å². The highest BCUT2D eigenvalue weighted by Crippen LogP contribution is 2.71. The van der Waals surface area contributed by atoms with Gasteiger partial charge in [0.1, 0.15) is 30.0 Å². The molecule has 0 aromatic rings. The maximum absolute atomic E-state index is 14.7. The van der Waals surface area contributed by atoms with E-state index in [-0.39, 0.29) is 35.4 Å². The minimum atomic E-state index is -1.88. The van der Waals surface area contributed by atoms with Crippen LogP contribution in [0.1, 0.15) is 66.7 Å². The van der Waals surface area contributed by atoms with Crippen molar-refractivity contribution in [1.82, 2.24) is 0 Å². The SMILES string of the molecule is C[C@@H]1C(=O)O[C@H]2[C@@H]1O[C@]13O[C@@]4(CC[C@]5(C)C(=O)[C@@H](C)[C@H]2[C@H]15)C[C@]12OC(=O)C[C@@]1(O)OC(C)(C)[C@@H]2CC=C4C3=O.O.O. The molecule has 0 radical (unpaired) electrons. The zero-order valence-electron chi connectivity index (χ0n) is 23.8. The van der Waals surface area contributed by atoms with Crippen LogP contribution in [0.5, 0.6) is 0 Å². The number of carbonyl (C=O) groups is 4. The lowest BCUT2D eigenvalue weighted by Gasteiger charge is -2.49. The van der Waals surface area contributed by atoms with Crippen LogP contribution in [0.2, 0.25) is 0 Å². The van der Waals surface area contributed by atoms with Crippen LogP contribution in [0.4, 0.5) is 0 Å². The zero-order valence-corrected chi connectivity index (χ0v) is 23.8. The molecule has 7 fully saturated rings. The molecule has 0 unspecified atom stereocenters. The summed E-state index contributed by atoms with van der Waals surface area (Å²) >= 11 is 0. The van der Waals surface area contributed by atoms with Crippen LogP contribution in [-0.2, 0) is 42.9 Å². The van der Waals surface area contributed by atoms with Crippen molar-refractivity contribution < 1.29 is 58.9 Å². The summed E-state index contributed by atoms with van der Waals surface area (Å²) in [7, 11) is 0. The minimum absolute atomic E-state index is 0. The molecule has 8 aliphatic rings. The standard InChI is InChI=1S/C29H34O10.2H2O/c1-12-17-19-18(13(2)23(33)35-19)37-29-20(17)25(5,21(12)31)8-9-26(39-29)11-27-15(7-6-14(26)22(29)32)24(3,4)38-28(27,34)10-16(30)36-27;;/h6,12-13,15,17-20,34H,7-11H2,1-5H3;2*1H2/t12-,13-,15-,17+,18+,19+,20-,25-,26-,27+,28+,29-;;/m0../s1. The average Bonchev–Trinajstić information content (AvgIpc) is 3.38. The quantitative estimate of drug-likeness (QED) is 0.385. The first-order valence-electron chi connectivity index (χ1n) is 14.2. The molecule has 6 saturated heterocycles. The smallest absolute Gasteiger partial charge is 0.312 e. The maximum Gasteiger partial charge on any atom is 0.312 e. The molecule has 8 rings (SSSR count). The van der Waals surface area contributed by atoms with E-state index in [1.807, 2.05) is 33.8 Å². The number of hydrogen-bond donors (Lipinski definition) is 1. The molecule has 5 N–H and O–H groups in total. The average molecular weight is 579 g/mol. The predicted molar refractivity (Wildman–Crippen MR) is 136 cm³/mol. The lowest BCUT2D eigenvalue weighted by atomic mass is 9.62. The number of ether oxygens (including phenoxy) is 5. The van der Waals surface area contributed by atoms with Crippen LogP contribution in [0.25, 0.3) is 0 Å². The Kier molecular flexibility index (Phi) is 5.52. The van der Waals surface area contributed by atoms with Gasteiger partial charge in [0.05, 0.1) is 11.5 Å². The van der Waals surface area contributed by atoms with Crippen molar-refractivity contribution in [1.29, 1.82) is 0 Å². The maximum atomic E-state index is 14.7. The van der Waals surface area contributed by atoms with Crippen molar-refractivity contribution in [3.05, 3.63) is 11.6 Å². The number of ketones is 2. The van der Waals surface area contributed by atoms with Crippen LogP contribution in [0, 0.1) is 35.0 Å². The summed E-state index contributed by atoms with van der Waals surface area (Å²) < 4.78 is 31.6. The fourth-order valence-corrected chi connectivity index (χ4v) is 10.3. The first-order valence-corrected chi connectivity index (χ1v) is 14.2. The van der Waals surface area contributed by atoms with Crippen LogP contribution in [0.15, 0.2) is 11.6 Å². The third-order valence-corrected chi connectivity index (χ3v) is 11.9. The Labute approximate surface area is 236 Å². The minimum Gasteiger partial charge on any atom is -0.459 e. The molecule has 12 heteroatoms. The second-order valence-corrected chi connectivity index (χ2v) is 14.1. The van der Waals surface area contributed by atoms with Crippen molar-refractivity contribution in [2.24, 2.45) is 35.0 Å². The van der Waals surface area contributed by atoms with Crippen molar-refractivity contribution in [2.75, 3.05) is 0 Å². The lowest BCUT2D eigenvalue weighted by Crippen LogP contribution is -2.63. The summed E-state index contributed by atoms with van der Waals surface area (Å²) in [5.41, 5.74) is -4.05. The Bertz CT molecular complexity index is 1320.